The van der Waals surface area contributed by atoms with Gasteiger partial charge in [0.05, 0.1) is 0 Å². The largest absolute Gasteiger partial charge is 0.303 e. The molecule has 0 aliphatic heterocycles. The molecule has 1 rings (SSSR count). The summed E-state index contributed by atoms with van der Waals surface area (Å²) >= 11 is 0. The van der Waals surface area contributed by atoms with Crippen molar-refractivity contribution in [1.82, 2.24) is 4.90 Å². The molecule has 0 saturated heterocycles. The van der Waals surface area contributed by atoms with Crippen LogP contribution in [0.2, 0.25) is 0 Å². The van der Waals surface area contributed by atoms with Crippen molar-refractivity contribution in [2.75, 3.05) is 13.6 Å². The molecule has 0 aromatic rings. The monoisotopic (exact) mass is 197 g/mol. The first-order valence-corrected chi connectivity index (χ1v) is 5.79. The molecule has 1 aliphatic carbocycles. The fraction of sp³-hybridized carbons (Fsp3) is 0.917. The van der Waals surface area contributed by atoms with Gasteiger partial charge in [-0.25, -0.2) is 0 Å². The highest BCUT2D eigenvalue weighted by atomic mass is 16.1. The Labute approximate surface area is 87.7 Å². The van der Waals surface area contributed by atoms with Gasteiger partial charge in [-0.3, -0.25) is 4.79 Å². The van der Waals surface area contributed by atoms with Gasteiger partial charge in [-0.05, 0) is 45.6 Å². The van der Waals surface area contributed by atoms with Crippen molar-refractivity contribution in [3.8, 4) is 0 Å². The van der Waals surface area contributed by atoms with E-state index in [0.717, 1.165) is 18.5 Å². The van der Waals surface area contributed by atoms with E-state index in [0.29, 0.717) is 12.2 Å². The van der Waals surface area contributed by atoms with Gasteiger partial charge in [-0.1, -0.05) is 6.92 Å². The Balaban J connectivity index is 2.23. The standard InChI is InChI=1S/C12H23NO/c1-10-4-6-12(7-5-10)13(3)9-8-11(2)14/h10,12H,4-9H2,1-3H3. The van der Waals surface area contributed by atoms with Gasteiger partial charge in [-0.2, -0.15) is 0 Å². The van der Waals surface area contributed by atoms with Crippen LogP contribution in [0.1, 0.15) is 46.0 Å². The first kappa shape index (κ1) is 11.7. The van der Waals surface area contributed by atoms with Crippen LogP contribution < -0.4 is 0 Å². The molecular weight excluding hydrogens is 174 g/mol. The lowest BCUT2D eigenvalue weighted by molar-refractivity contribution is -0.117. The van der Waals surface area contributed by atoms with E-state index in [1.807, 2.05) is 0 Å². The first-order chi connectivity index (χ1) is 6.59. The lowest BCUT2D eigenvalue weighted by Crippen LogP contribution is -2.36. The average molecular weight is 197 g/mol. The number of carbonyl (C=O) groups excluding carboxylic acids is 1. The van der Waals surface area contributed by atoms with E-state index in [-0.39, 0.29) is 0 Å². The van der Waals surface area contributed by atoms with E-state index >= 15 is 0 Å². The van der Waals surface area contributed by atoms with Gasteiger partial charge in [0.1, 0.15) is 5.78 Å². The summed E-state index contributed by atoms with van der Waals surface area (Å²) in [5.41, 5.74) is 0. The zero-order chi connectivity index (χ0) is 10.6. The summed E-state index contributed by atoms with van der Waals surface area (Å²) in [6.45, 7) is 4.96. The minimum absolute atomic E-state index is 0.307. The van der Waals surface area contributed by atoms with Gasteiger partial charge in [0.15, 0.2) is 0 Å². The van der Waals surface area contributed by atoms with Crippen LogP contribution in [-0.2, 0) is 4.79 Å². The predicted octanol–water partition coefficient (Wildman–Crippen LogP) is 2.48. The third-order valence-electron chi connectivity index (χ3n) is 3.43. The van der Waals surface area contributed by atoms with Gasteiger partial charge in [0.2, 0.25) is 0 Å². The molecule has 0 N–H and O–H groups in total. The van der Waals surface area contributed by atoms with Gasteiger partial charge in [0, 0.05) is 19.0 Å². The number of rotatable bonds is 4. The van der Waals surface area contributed by atoms with E-state index in [1.165, 1.54) is 25.7 Å². The van der Waals surface area contributed by atoms with Crippen molar-refractivity contribution < 1.29 is 4.79 Å². The Morgan fingerprint density at radius 2 is 1.86 bits per heavy atom. The van der Waals surface area contributed by atoms with Crippen molar-refractivity contribution >= 4 is 5.78 Å². The Hall–Kier alpha value is -0.370. The third-order valence-corrected chi connectivity index (χ3v) is 3.43. The molecule has 0 spiro atoms. The Kier molecular flexibility index (Phi) is 4.59. The second kappa shape index (κ2) is 5.50. The molecular formula is C12H23NO. The van der Waals surface area contributed by atoms with Crippen LogP contribution in [0.15, 0.2) is 0 Å². The van der Waals surface area contributed by atoms with Gasteiger partial charge < -0.3 is 4.90 Å². The molecule has 0 aromatic heterocycles. The molecule has 1 fully saturated rings. The predicted molar refractivity (Wildman–Crippen MR) is 59.3 cm³/mol. The molecule has 1 aliphatic rings. The summed E-state index contributed by atoms with van der Waals surface area (Å²) in [4.78, 5) is 13.2. The van der Waals surface area contributed by atoms with E-state index in [9.17, 15) is 4.79 Å². The third kappa shape index (κ3) is 3.79. The van der Waals surface area contributed by atoms with Crippen molar-refractivity contribution in [2.45, 2.75) is 52.0 Å². The molecule has 0 radical (unpaired) electrons. The maximum atomic E-state index is 10.9. The quantitative estimate of drug-likeness (QED) is 0.690. The smallest absolute Gasteiger partial charge is 0.131 e. The highest BCUT2D eigenvalue weighted by Gasteiger charge is 2.21. The van der Waals surface area contributed by atoms with Crippen LogP contribution in [0.25, 0.3) is 0 Å². The molecule has 0 heterocycles. The average Bonchev–Trinajstić information content (AvgIpc) is 2.15. The lowest BCUT2D eigenvalue weighted by Gasteiger charge is -2.33. The maximum absolute atomic E-state index is 10.9. The van der Waals surface area contributed by atoms with Crippen molar-refractivity contribution in [3.05, 3.63) is 0 Å². The minimum Gasteiger partial charge on any atom is -0.303 e. The van der Waals surface area contributed by atoms with E-state index in [2.05, 4.69) is 18.9 Å². The normalized spacial score (nSPS) is 28.0. The van der Waals surface area contributed by atoms with Crippen LogP contribution in [0.4, 0.5) is 0 Å². The highest BCUT2D eigenvalue weighted by molar-refractivity contribution is 5.75. The summed E-state index contributed by atoms with van der Waals surface area (Å²) in [6.07, 6.45) is 6.05. The molecule has 2 heteroatoms. The van der Waals surface area contributed by atoms with Gasteiger partial charge >= 0.3 is 0 Å². The zero-order valence-corrected chi connectivity index (χ0v) is 9.75. The molecule has 0 aromatic carbocycles. The fourth-order valence-corrected chi connectivity index (χ4v) is 2.20. The number of hydrogen-bond donors (Lipinski definition) is 0. The minimum atomic E-state index is 0.307. The second-order valence-electron chi connectivity index (χ2n) is 4.85. The number of hydrogen-bond acceptors (Lipinski definition) is 2. The summed E-state index contributed by atoms with van der Waals surface area (Å²) in [5.74, 6) is 1.22. The van der Waals surface area contributed by atoms with E-state index in [1.54, 1.807) is 6.92 Å². The molecule has 0 bridgehead atoms. The van der Waals surface area contributed by atoms with E-state index in [4.69, 9.17) is 0 Å². The second-order valence-corrected chi connectivity index (χ2v) is 4.85. The van der Waals surface area contributed by atoms with Crippen LogP contribution in [0.5, 0.6) is 0 Å². The first-order valence-electron chi connectivity index (χ1n) is 5.79. The Bertz CT molecular complexity index is 183. The number of ketones is 1. The molecule has 0 unspecified atom stereocenters. The van der Waals surface area contributed by atoms with Crippen molar-refractivity contribution in [2.24, 2.45) is 5.92 Å². The SMILES string of the molecule is CC(=O)CCN(C)C1CCC(C)CC1. The number of Topliss-reactive ketones (excluding diaryl/α,β-unsaturated/α-hetero) is 1. The van der Waals surface area contributed by atoms with Crippen molar-refractivity contribution in [3.63, 3.8) is 0 Å². The molecule has 82 valence electrons. The molecule has 1 saturated carbocycles. The number of nitrogens with zero attached hydrogens (tertiary/aromatic N) is 1. The highest BCUT2D eigenvalue weighted by Crippen LogP contribution is 2.26. The van der Waals surface area contributed by atoms with Crippen LogP contribution in [0.3, 0.4) is 0 Å². The summed E-state index contributed by atoms with van der Waals surface area (Å²) in [6, 6.07) is 0.727. The topological polar surface area (TPSA) is 20.3 Å². The number of carbonyl (C=O) groups is 1. The van der Waals surface area contributed by atoms with Crippen LogP contribution in [-0.4, -0.2) is 30.3 Å². The summed E-state index contributed by atoms with van der Waals surface area (Å²) in [5, 5.41) is 0. The van der Waals surface area contributed by atoms with Crippen LogP contribution >= 0.6 is 0 Å². The summed E-state index contributed by atoms with van der Waals surface area (Å²) < 4.78 is 0. The Morgan fingerprint density at radius 3 is 2.36 bits per heavy atom. The molecule has 0 atom stereocenters. The van der Waals surface area contributed by atoms with Crippen molar-refractivity contribution in [1.29, 1.82) is 0 Å². The lowest BCUT2D eigenvalue weighted by atomic mass is 9.87. The maximum Gasteiger partial charge on any atom is 0.131 e. The molecule has 14 heavy (non-hydrogen) atoms. The fourth-order valence-electron chi connectivity index (χ4n) is 2.20. The van der Waals surface area contributed by atoms with Gasteiger partial charge in [0.25, 0.3) is 0 Å². The van der Waals surface area contributed by atoms with E-state index < -0.39 is 0 Å². The zero-order valence-electron chi connectivity index (χ0n) is 9.75. The molecule has 2 nitrogen and oxygen atoms in total. The van der Waals surface area contributed by atoms with Crippen LogP contribution in [0, 0.1) is 5.92 Å². The Morgan fingerprint density at radius 1 is 1.29 bits per heavy atom. The summed E-state index contributed by atoms with van der Waals surface area (Å²) in [7, 11) is 2.16. The molecule has 0 amide bonds. The van der Waals surface area contributed by atoms with Gasteiger partial charge in [-0.15, -0.1) is 0 Å².